The Balaban J connectivity index is 2.12. The summed E-state index contributed by atoms with van der Waals surface area (Å²) < 4.78 is 6.48. The molecule has 1 heterocycles. The number of likely N-dealkylation sites (N-methyl/N-ethyl adjacent to an activating group) is 1. The first-order chi connectivity index (χ1) is 14.8. The number of ketones is 1. The summed E-state index contributed by atoms with van der Waals surface area (Å²) in [7, 11) is 3.80. The van der Waals surface area contributed by atoms with Crippen LogP contribution < -0.4 is 4.74 Å². The number of nitrogens with zero attached hydrogens (tertiary/aromatic N) is 2. The SMILES string of the molecule is C=CCOc1cccc([C@H]2/C(=C(\O)c3ccc(Br)cc3)C(=O)C(=O)N2CCN(C)C)c1. The minimum atomic E-state index is -0.712. The molecule has 3 rings (SSSR count). The molecule has 1 aliphatic heterocycles. The molecule has 6 nitrogen and oxygen atoms in total. The lowest BCUT2D eigenvalue weighted by Crippen LogP contribution is -2.35. The molecule has 0 radical (unpaired) electrons. The average Bonchev–Trinajstić information content (AvgIpc) is 3.01. The summed E-state index contributed by atoms with van der Waals surface area (Å²) in [6.07, 6.45) is 1.64. The number of benzene rings is 2. The summed E-state index contributed by atoms with van der Waals surface area (Å²) in [6.45, 7) is 4.91. The Kier molecular flexibility index (Phi) is 7.30. The summed E-state index contributed by atoms with van der Waals surface area (Å²) >= 11 is 3.37. The topological polar surface area (TPSA) is 70.1 Å². The third-order valence-corrected chi connectivity index (χ3v) is 5.52. The van der Waals surface area contributed by atoms with E-state index in [0.717, 1.165) is 4.47 Å². The molecular formula is C24H25BrN2O4. The highest BCUT2D eigenvalue weighted by Crippen LogP contribution is 2.40. The number of hydrogen-bond acceptors (Lipinski definition) is 5. The van der Waals surface area contributed by atoms with Gasteiger partial charge in [-0.25, -0.2) is 0 Å². The Morgan fingerprint density at radius 2 is 1.94 bits per heavy atom. The van der Waals surface area contributed by atoms with Gasteiger partial charge in [-0.05, 0) is 43.9 Å². The summed E-state index contributed by atoms with van der Waals surface area (Å²) in [4.78, 5) is 29.4. The molecule has 0 aromatic heterocycles. The maximum Gasteiger partial charge on any atom is 0.295 e. The van der Waals surface area contributed by atoms with Gasteiger partial charge in [-0.2, -0.15) is 0 Å². The van der Waals surface area contributed by atoms with Gasteiger partial charge in [-0.1, -0.05) is 52.9 Å². The van der Waals surface area contributed by atoms with E-state index in [1.54, 1.807) is 48.5 Å². The van der Waals surface area contributed by atoms with Gasteiger partial charge in [0, 0.05) is 23.1 Å². The lowest BCUT2D eigenvalue weighted by atomic mass is 9.95. The van der Waals surface area contributed by atoms with E-state index < -0.39 is 17.7 Å². The van der Waals surface area contributed by atoms with E-state index in [0.29, 0.717) is 36.6 Å². The number of ether oxygens (including phenoxy) is 1. The number of Topliss-reactive ketones (excluding diaryl/α,β-unsaturated/α-hetero) is 1. The van der Waals surface area contributed by atoms with Crippen LogP contribution in [0.1, 0.15) is 17.2 Å². The summed E-state index contributed by atoms with van der Waals surface area (Å²) in [6, 6.07) is 13.5. The van der Waals surface area contributed by atoms with Crippen molar-refractivity contribution in [2.24, 2.45) is 0 Å². The van der Waals surface area contributed by atoms with Crippen LogP contribution in [-0.4, -0.2) is 60.4 Å². The van der Waals surface area contributed by atoms with Crippen molar-refractivity contribution in [1.82, 2.24) is 9.80 Å². The van der Waals surface area contributed by atoms with E-state index in [4.69, 9.17) is 4.74 Å². The van der Waals surface area contributed by atoms with Crippen molar-refractivity contribution in [2.45, 2.75) is 6.04 Å². The van der Waals surface area contributed by atoms with Gasteiger partial charge in [-0.3, -0.25) is 9.59 Å². The Labute approximate surface area is 190 Å². The van der Waals surface area contributed by atoms with E-state index in [1.807, 2.05) is 25.1 Å². The Morgan fingerprint density at radius 1 is 1.23 bits per heavy atom. The maximum atomic E-state index is 13.0. The molecule has 0 bridgehead atoms. The molecule has 1 aliphatic rings. The zero-order valence-corrected chi connectivity index (χ0v) is 19.1. The number of hydrogen-bond donors (Lipinski definition) is 1. The van der Waals surface area contributed by atoms with E-state index in [-0.39, 0.29) is 11.3 Å². The van der Waals surface area contributed by atoms with Gasteiger partial charge in [0.25, 0.3) is 11.7 Å². The summed E-state index contributed by atoms with van der Waals surface area (Å²) in [5, 5.41) is 11.0. The molecule has 162 valence electrons. The van der Waals surface area contributed by atoms with Crippen LogP contribution in [0.2, 0.25) is 0 Å². The van der Waals surface area contributed by atoms with Gasteiger partial charge < -0.3 is 19.6 Å². The Bertz CT molecular complexity index is 1010. The molecule has 0 spiro atoms. The van der Waals surface area contributed by atoms with Crippen LogP contribution in [0.15, 0.2) is 71.2 Å². The number of rotatable bonds is 8. The second-order valence-corrected chi connectivity index (χ2v) is 8.39. The van der Waals surface area contributed by atoms with Crippen LogP contribution in [0.3, 0.4) is 0 Å². The fourth-order valence-electron chi connectivity index (χ4n) is 3.46. The van der Waals surface area contributed by atoms with Crippen molar-refractivity contribution in [3.8, 4) is 5.75 Å². The molecule has 1 N–H and O–H groups in total. The van der Waals surface area contributed by atoms with Gasteiger partial charge in [0.2, 0.25) is 0 Å². The Morgan fingerprint density at radius 3 is 2.58 bits per heavy atom. The normalized spacial score (nSPS) is 17.9. The number of aliphatic hydroxyl groups excluding tert-OH is 1. The van der Waals surface area contributed by atoms with Crippen molar-refractivity contribution < 1.29 is 19.4 Å². The first-order valence-corrected chi connectivity index (χ1v) is 10.7. The standard InChI is InChI=1S/C24H25BrN2O4/c1-4-14-31-19-7-5-6-17(15-19)21-20(22(28)16-8-10-18(25)11-9-16)23(29)24(30)27(21)13-12-26(2)3/h4-11,15,21,28H,1,12-14H2,2-3H3/b22-20+/t21-/m0/s1. The highest BCUT2D eigenvalue weighted by atomic mass is 79.9. The van der Waals surface area contributed by atoms with Crippen LogP contribution in [-0.2, 0) is 9.59 Å². The van der Waals surface area contributed by atoms with E-state index >= 15 is 0 Å². The molecule has 1 fully saturated rings. The smallest absolute Gasteiger partial charge is 0.295 e. The molecule has 0 saturated carbocycles. The lowest BCUT2D eigenvalue weighted by Gasteiger charge is -2.26. The van der Waals surface area contributed by atoms with Gasteiger partial charge in [0.05, 0.1) is 11.6 Å². The fourth-order valence-corrected chi connectivity index (χ4v) is 3.72. The third-order valence-electron chi connectivity index (χ3n) is 4.99. The van der Waals surface area contributed by atoms with Crippen LogP contribution in [0.5, 0.6) is 5.75 Å². The molecule has 0 unspecified atom stereocenters. The minimum Gasteiger partial charge on any atom is -0.507 e. The number of likely N-dealkylation sites (tertiary alicyclic amines) is 1. The fraction of sp³-hybridized carbons (Fsp3) is 0.250. The largest absolute Gasteiger partial charge is 0.507 e. The van der Waals surface area contributed by atoms with Crippen molar-refractivity contribution in [1.29, 1.82) is 0 Å². The predicted molar refractivity (Wildman–Crippen MR) is 124 cm³/mol. The zero-order valence-electron chi connectivity index (χ0n) is 17.5. The zero-order chi connectivity index (χ0) is 22.5. The first-order valence-electron chi connectivity index (χ1n) is 9.86. The molecule has 1 amide bonds. The highest BCUT2D eigenvalue weighted by molar-refractivity contribution is 9.10. The number of aliphatic hydroxyl groups is 1. The number of halogens is 1. The number of amides is 1. The summed E-state index contributed by atoms with van der Waals surface area (Å²) in [5.74, 6) is -0.913. The second kappa shape index (κ2) is 9.94. The number of carbonyl (C=O) groups excluding carboxylic acids is 2. The van der Waals surface area contributed by atoms with Crippen molar-refractivity contribution >= 4 is 33.4 Å². The van der Waals surface area contributed by atoms with Crippen molar-refractivity contribution in [3.63, 3.8) is 0 Å². The van der Waals surface area contributed by atoms with Crippen molar-refractivity contribution in [3.05, 3.63) is 82.4 Å². The molecule has 31 heavy (non-hydrogen) atoms. The molecule has 0 aliphatic carbocycles. The Hall–Kier alpha value is -2.90. The second-order valence-electron chi connectivity index (χ2n) is 7.47. The minimum absolute atomic E-state index is 0.0759. The molecule has 2 aromatic carbocycles. The molecular weight excluding hydrogens is 460 g/mol. The third kappa shape index (κ3) is 5.06. The number of carbonyl (C=O) groups is 2. The predicted octanol–water partition coefficient (Wildman–Crippen LogP) is 4.00. The van der Waals surface area contributed by atoms with Crippen LogP contribution in [0, 0.1) is 0 Å². The van der Waals surface area contributed by atoms with E-state index in [2.05, 4.69) is 22.5 Å². The highest BCUT2D eigenvalue weighted by Gasteiger charge is 2.46. The van der Waals surface area contributed by atoms with E-state index in [9.17, 15) is 14.7 Å². The van der Waals surface area contributed by atoms with Gasteiger partial charge in [0.1, 0.15) is 18.1 Å². The van der Waals surface area contributed by atoms with Crippen LogP contribution >= 0.6 is 15.9 Å². The maximum absolute atomic E-state index is 13.0. The molecule has 7 heteroatoms. The average molecular weight is 485 g/mol. The van der Waals surface area contributed by atoms with Gasteiger partial charge >= 0.3 is 0 Å². The summed E-state index contributed by atoms with van der Waals surface area (Å²) in [5.41, 5.74) is 1.24. The first kappa shape index (κ1) is 22.8. The quantitative estimate of drug-likeness (QED) is 0.265. The van der Waals surface area contributed by atoms with Crippen molar-refractivity contribution in [2.75, 3.05) is 33.8 Å². The monoisotopic (exact) mass is 484 g/mol. The van der Waals surface area contributed by atoms with E-state index in [1.165, 1.54) is 4.90 Å². The van der Waals surface area contributed by atoms with Crippen LogP contribution in [0.25, 0.3) is 5.76 Å². The van der Waals surface area contributed by atoms with Crippen LogP contribution in [0.4, 0.5) is 0 Å². The molecule has 1 atom stereocenters. The molecule has 2 aromatic rings. The van der Waals surface area contributed by atoms with Gasteiger partial charge in [-0.15, -0.1) is 0 Å². The lowest BCUT2D eigenvalue weighted by molar-refractivity contribution is -0.140. The van der Waals surface area contributed by atoms with Gasteiger partial charge in [0.15, 0.2) is 0 Å². The molecule has 1 saturated heterocycles.